The first kappa shape index (κ1) is 23.6. The maximum atomic E-state index is 5.38. The molecule has 0 saturated carbocycles. The van der Waals surface area contributed by atoms with E-state index in [-0.39, 0.29) is 24.0 Å². The monoisotopic (exact) mass is 495 g/mol. The number of hydrogen-bond donors (Lipinski definition) is 2. The Labute approximate surface area is 179 Å². The molecule has 1 aromatic rings. The fourth-order valence-corrected chi connectivity index (χ4v) is 3.53. The molecule has 0 amide bonds. The topological polar surface area (TPSA) is 61.8 Å². The van der Waals surface area contributed by atoms with Crippen molar-refractivity contribution in [1.82, 2.24) is 20.5 Å². The Morgan fingerprint density at radius 2 is 2.12 bits per heavy atom. The van der Waals surface area contributed by atoms with Crippen LogP contribution in [0.5, 0.6) is 0 Å². The largest absolute Gasteiger partial charge is 0.379 e. The number of aromatic nitrogens is 1. The molecule has 6 nitrogen and oxygen atoms in total. The quantitative estimate of drug-likeness (QED) is 0.239. The highest BCUT2D eigenvalue weighted by atomic mass is 127. The van der Waals surface area contributed by atoms with E-state index in [1.807, 2.05) is 0 Å². The van der Waals surface area contributed by atoms with Gasteiger partial charge in [-0.25, -0.2) is 4.98 Å². The van der Waals surface area contributed by atoms with Gasteiger partial charge in [-0.05, 0) is 13.3 Å². The Hall–Kier alpha value is -0.450. The van der Waals surface area contributed by atoms with Crippen LogP contribution in [-0.4, -0.2) is 68.3 Å². The molecule has 1 aromatic heterocycles. The van der Waals surface area contributed by atoms with E-state index in [1.54, 1.807) is 11.3 Å². The molecular weight excluding hydrogens is 461 g/mol. The summed E-state index contributed by atoms with van der Waals surface area (Å²) in [6.45, 7) is 14.0. The van der Waals surface area contributed by atoms with Gasteiger partial charge in [0.2, 0.25) is 0 Å². The van der Waals surface area contributed by atoms with Crippen molar-refractivity contribution < 1.29 is 4.74 Å². The van der Waals surface area contributed by atoms with Crippen LogP contribution in [0.25, 0.3) is 0 Å². The number of hydrogen-bond acceptors (Lipinski definition) is 5. The van der Waals surface area contributed by atoms with Crippen molar-refractivity contribution in [2.24, 2.45) is 4.99 Å². The first-order valence-electron chi connectivity index (χ1n) is 9.45. The minimum absolute atomic E-state index is 0. The smallest absolute Gasteiger partial charge is 0.191 e. The molecule has 8 heteroatoms. The molecule has 1 saturated heterocycles. The second-order valence-electron chi connectivity index (χ2n) is 6.58. The predicted octanol–water partition coefficient (Wildman–Crippen LogP) is 2.70. The van der Waals surface area contributed by atoms with Gasteiger partial charge < -0.3 is 15.4 Å². The Bertz CT molecular complexity index is 517. The highest BCUT2D eigenvalue weighted by Gasteiger charge is 2.09. The zero-order valence-corrected chi connectivity index (χ0v) is 19.4. The number of ether oxygens (including phenoxy) is 1. The molecule has 0 unspecified atom stereocenters. The second-order valence-corrected chi connectivity index (χ2v) is 7.47. The summed E-state index contributed by atoms with van der Waals surface area (Å²) in [6, 6.07) is 0. The van der Waals surface area contributed by atoms with E-state index in [0.717, 1.165) is 71.3 Å². The second kappa shape index (κ2) is 13.7. The number of halogens is 1. The Kier molecular flexibility index (Phi) is 12.4. The van der Waals surface area contributed by atoms with E-state index in [2.05, 4.69) is 51.7 Å². The fraction of sp³-hybridized carbons (Fsp3) is 0.778. The molecule has 0 spiro atoms. The van der Waals surface area contributed by atoms with Gasteiger partial charge in [-0.15, -0.1) is 35.3 Å². The van der Waals surface area contributed by atoms with Crippen molar-refractivity contribution in [3.8, 4) is 0 Å². The Balaban J connectivity index is 0.00000338. The van der Waals surface area contributed by atoms with Gasteiger partial charge in [0.05, 0.1) is 23.9 Å². The zero-order valence-electron chi connectivity index (χ0n) is 16.3. The maximum Gasteiger partial charge on any atom is 0.191 e. The molecule has 0 atom stereocenters. The Morgan fingerprint density at radius 3 is 2.77 bits per heavy atom. The third kappa shape index (κ3) is 8.96. The highest BCUT2D eigenvalue weighted by molar-refractivity contribution is 14.0. The zero-order chi connectivity index (χ0) is 17.9. The molecule has 0 aliphatic carbocycles. The molecule has 150 valence electrons. The summed E-state index contributed by atoms with van der Waals surface area (Å²) >= 11 is 1.76. The lowest BCUT2D eigenvalue weighted by atomic mass is 10.2. The lowest BCUT2D eigenvalue weighted by Gasteiger charge is -2.26. The first-order valence-corrected chi connectivity index (χ1v) is 10.3. The summed E-state index contributed by atoms with van der Waals surface area (Å²) in [4.78, 5) is 11.8. The average molecular weight is 495 g/mol. The lowest BCUT2D eigenvalue weighted by molar-refractivity contribution is 0.0377. The molecule has 0 bridgehead atoms. The number of aliphatic imine (C=N–C) groups is 1. The number of nitrogens with one attached hydrogen (secondary N) is 2. The lowest BCUT2D eigenvalue weighted by Crippen LogP contribution is -2.39. The van der Waals surface area contributed by atoms with Crippen LogP contribution < -0.4 is 10.6 Å². The number of morpholine rings is 1. The van der Waals surface area contributed by atoms with Crippen LogP contribution >= 0.6 is 35.3 Å². The van der Waals surface area contributed by atoms with E-state index in [0.29, 0.717) is 5.92 Å². The number of nitrogens with zero attached hydrogens (tertiary/aromatic N) is 3. The molecule has 2 heterocycles. The van der Waals surface area contributed by atoms with E-state index in [9.17, 15) is 0 Å². The number of thiazole rings is 1. The van der Waals surface area contributed by atoms with E-state index >= 15 is 0 Å². The van der Waals surface area contributed by atoms with Crippen molar-refractivity contribution in [3.05, 3.63) is 16.1 Å². The van der Waals surface area contributed by atoms with Crippen LogP contribution in [0.15, 0.2) is 10.4 Å². The fourth-order valence-electron chi connectivity index (χ4n) is 2.66. The molecule has 26 heavy (non-hydrogen) atoms. The summed E-state index contributed by atoms with van der Waals surface area (Å²) in [6.07, 6.45) is 2.02. The van der Waals surface area contributed by atoms with Gasteiger partial charge in [-0.2, -0.15) is 0 Å². The van der Waals surface area contributed by atoms with Crippen molar-refractivity contribution in [2.75, 3.05) is 52.5 Å². The molecule has 2 N–H and O–H groups in total. The average Bonchev–Trinajstić information content (AvgIpc) is 3.09. The van der Waals surface area contributed by atoms with Crippen LogP contribution in [0.2, 0.25) is 0 Å². The highest BCUT2D eigenvalue weighted by Crippen LogP contribution is 2.19. The molecule has 0 radical (unpaired) electrons. The van der Waals surface area contributed by atoms with Crippen LogP contribution in [0.4, 0.5) is 0 Å². The SMILES string of the molecule is CCNC(=NCCCN1CCOCC1)NCCc1csc(C(C)C)n1.I. The van der Waals surface area contributed by atoms with E-state index in [4.69, 9.17) is 4.74 Å². The number of guanidine groups is 1. The van der Waals surface area contributed by atoms with Gasteiger partial charge in [0.25, 0.3) is 0 Å². The van der Waals surface area contributed by atoms with Crippen LogP contribution in [0.1, 0.15) is 43.8 Å². The van der Waals surface area contributed by atoms with Gasteiger partial charge in [-0.3, -0.25) is 9.89 Å². The number of rotatable bonds is 9. The van der Waals surface area contributed by atoms with Crippen LogP contribution in [-0.2, 0) is 11.2 Å². The summed E-state index contributed by atoms with van der Waals surface area (Å²) < 4.78 is 5.38. The van der Waals surface area contributed by atoms with Crippen molar-refractivity contribution in [2.45, 2.75) is 39.5 Å². The van der Waals surface area contributed by atoms with E-state index in [1.165, 1.54) is 10.7 Å². The van der Waals surface area contributed by atoms with Crippen LogP contribution in [0.3, 0.4) is 0 Å². The normalized spacial score (nSPS) is 15.8. The van der Waals surface area contributed by atoms with Crippen molar-refractivity contribution in [1.29, 1.82) is 0 Å². The van der Waals surface area contributed by atoms with Gasteiger partial charge in [0.15, 0.2) is 5.96 Å². The Morgan fingerprint density at radius 1 is 1.35 bits per heavy atom. The molecular formula is C18H34IN5OS. The minimum Gasteiger partial charge on any atom is -0.379 e. The predicted molar refractivity (Wildman–Crippen MR) is 121 cm³/mol. The van der Waals surface area contributed by atoms with Crippen molar-refractivity contribution in [3.63, 3.8) is 0 Å². The summed E-state index contributed by atoms with van der Waals surface area (Å²) in [7, 11) is 0. The standard InChI is InChI=1S/C18H33N5OS.HI/c1-4-19-18(20-7-5-9-23-10-12-24-13-11-23)21-8-6-16-14-25-17(22-16)15(2)3;/h14-15H,4-13H2,1-3H3,(H2,19,20,21);1H. The minimum atomic E-state index is 0. The molecule has 2 rings (SSSR count). The molecule has 0 aromatic carbocycles. The summed E-state index contributed by atoms with van der Waals surface area (Å²) in [5.74, 6) is 1.42. The molecule has 1 fully saturated rings. The third-order valence-corrected chi connectivity index (χ3v) is 5.28. The van der Waals surface area contributed by atoms with Gasteiger partial charge in [-0.1, -0.05) is 13.8 Å². The van der Waals surface area contributed by atoms with Crippen LogP contribution in [0, 0.1) is 0 Å². The summed E-state index contributed by atoms with van der Waals surface area (Å²) in [5.41, 5.74) is 1.17. The molecule has 1 aliphatic rings. The summed E-state index contributed by atoms with van der Waals surface area (Å²) in [5, 5.41) is 10.1. The maximum absolute atomic E-state index is 5.38. The van der Waals surface area contributed by atoms with E-state index < -0.39 is 0 Å². The first-order chi connectivity index (χ1) is 12.2. The van der Waals surface area contributed by atoms with Gasteiger partial charge >= 0.3 is 0 Å². The van der Waals surface area contributed by atoms with Gasteiger partial charge in [0.1, 0.15) is 0 Å². The van der Waals surface area contributed by atoms with Gasteiger partial charge in [0, 0.05) is 57.0 Å². The molecule has 1 aliphatic heterocycles. The third-order valence-electron chi connectivity index (χ3n) is 4.09. The van der Waals surface area contributed by atoms with Crippen molar-refractivity contribution >= 4 is 41.3 Å².